The lowest BCUT2D eigenvalue weighted by Gasteiger charge is -2.48. The molecule has 1 amide bonds. The molecule has 12 N–H and O–H groups in total. The molecule has 0 radical (unpaired) electrons. The second-order valence-electron chi connectivity index (χ2n) is 23.2. The van der Waals surface area contributed by atoms with E-state index in [0.717, 1.165) is 38.5 Å². The van der Waals surface area contributed by atoms with E-state index >= 15 is 0 Å². The van der Waals surface area contributed by atoms with Crippen LogP contribution in [0.2, 0.25) is 0 Å². The van der Waals surface area contributed by atoms with Gasteiger partial charge in [0.2, 0.25) is 5.91 Å². The van der Waals surface area contributed by atoms with E-state index in [2.05, 4.69) is 31.3 Å². The summed E-state index contributed by atoms with van der Waals surface area (Å²) < 4.78 is 34.0. The van der Waals surface area contributed by atoms with E-state index < -0.39 is 124 Å². The summed E-state index contributed by atoms with van der Waals surface area (Å²) >= 11 is 0. The van der Waals surface area contributed by atoms with Gasteiger partial charge in [0.15, 0.2) is 18.9 Å². The first kappa shape index (κ1) is 73.5. The summed E-state index contributed by atoms with van der Waals surface area (Å²) in [6, 6.07) is -0.982. The summed E-state index contributed by atoms with van der Waals surface area (Å²) in [5.74, 6) is -0.303. The van der Waals surface area contributed by atoms with Crippen molar-refractivity contribution in [1.29, 1.82) is 0 Å². The molecular formula is C62H115NO18. The Labute approximate surface area is 486 Å². The minimum atomic E-state index is -1.98. The maximum Gasteiger partial charge on any atom is 0.220 e. The van der Waals surface area contributed by atoms with Crippen molar-refractivity contribution in [3.63, 3.8) is 0 Å². The normalized spacial score (nSPS) is 29.9. The smallest absolute Gasteiger partial charge is 0.220 e. The second kappa shape index (κ2) is 45.6. The van der Waals surface area contributed by atoms with Gasteiger partial charge in [-0.3, -0.25) is 4.79 Å². The molecule has 0 bridgehead atoms. The maximum absolute atomic E-state index is 13.0. The maximum atomic E-state index is 13.0. The first-order valence-corrected chi connectivity index (χ1v) is 32.1. The van der Waals surface area contributed by atoms with Crippen molar-refractivity contribution in [2.24, 2.45) is 0 Å². The number of nitrogens with one attached hydrogen (secondary N) is 1. The summed E-state index contributed by atoms with van der Waals surface area (Å²) in [5, 5.41) is 119. The number of unbranched alkanes of at least 4 members (excludes halogenated alkanes) is 30. The Balaban J connectivity index is 1.32. The van der Waals surface area contributed by atoms with Crippen LogP contribution in [0.5, 0.6) is 0 Å². The number of ether oxygens (including phenoxy) is 6. The van der Waals surface area contributed by atoms with Crippen LogP contribution in [0.25, 0.3) is 0 Å². The average molecular weight is 1160 g/mol. The number of hydrogen-bond acceptors (Lipinski definition) is 18. The van der Waals surface area contributed by atoms with E-state index in [4.69, 9.17) is 28.4 Å². The van der Waals surface area contributed by atoms with Crippen LogP contribution in [0.3, 0.4) is 0 Å². The number of rotatable bonds is 48. The molecule has 17 unspecified atom stereocenters. The monoisotopic (exact) mass is 1160 g/mol. The highest BCUT2D eigenvalue weighted by molar-refractivity contribution is 5.76. The van der Waals surface area contributed by atoms with Gasteiger partial charge in [-0.2, -0.15) is 0 Å². The van der Waals surface area contributed by atoms with Gasteiger partial charge in [-0.15, -0.1) is 0 Å². The molecule has 0 aromatic carbocycles. The minimum absolute atomic E-state index is 0.228. The SMILES string of the molecule is CCCCCCCCCCCCCCCCCCCCCCCCCCCC/C=C/CC/C=C/C(O)C(COC1OC(CO)C(OC2OC(CO)C(OC3OC(CO)C(O)C(O)C3O)C(O)C2O)C(O)C1O)NC(=O)CCCCCC. The van der Waals surface area contributed by atoms with Crippen LogP contribution in [0.1, 0.15) is 232 Å². The van der Waals surface area contributed by atoms with Crippen LogP contribution in [0.15, 0.2) is 24.3 Å². The largest absolute Gasteiger partial charge is 0.394 e. The summed E-state index contributed by atoms with van der Waals surface area (Å²) in [6.45, 7) is 1.57. The fraction of sp³-hybridized carbons (Fsp3) is 0.919. The van der Waals surface area contributed by atoms with Gasteiger partial charge in [-0.05, 0) is 32.1 Å². The Morgan fingerprint density at radius 3 is 1.23 bits per heavy atom. The number of allylic oxidation sites excluding steroid dienone is 3. The standard InChI is InChI=1S/C62H115NO18/c1-3-5-7-9-10-11-12-13-14-15-16-17-18-19-20-21-22-23-24-25-26-27-28-29-30-31-32-33-34-35-36-37-39-46(67)45(63-50(68)40-38-8-6-4-2)44-76-60-56(74)53(71)58(48(42-65)78-60)81-62-57(75)54(72)59(49(43-66)79-62)80-61-55(73)52(70)51(69)47(41-64)77-61/h33-34,37,39,45-49,51-62,64-67,69-75H,3-32,35-36,38,40-44H2,1-2H3,(H,63,68)/b34-33+,39-37+. The first-order chi connectivity index (χ1) is 39.3. The zero-order valence-electron chi connectivity index (χ0n) is 49.8. The van der Waals surface area contributed by atoms with Gasteiger partial charge >= 0.3 is 0 Å². The topological polar surface area (TPSA) is 307 Å². The molecule has 81 heavy (non-hydrogen) atoms. The van der Waals surface area contributed by atoms with Gasteiger partial charge in [-0.25, -0.2) is 0 Å². The fourth-order valence-corrected chi connectivity index (χ4v) is 11.0. The Hall–Kier alpha value is -1.73. The number of carbonyl (C=O) groups excluding carboxylic acids is 1. The van der Waals surface area contributed by atoms with Gasteiger partial charge < -0.3 is 89.9 Å². The quantitative estimate of drug-likeness (QED) is 0.0222. The van der Waals surface area contributed by atoms with Crippen molar-refractivity contribution in [2.45, 2.75) is 336 Å². The number of carbonyl (C=O) groups is 1. The molecule has 3 saturated heterocycles. The lowest BCUT2D eigenvalue weighted by atomic mass is 9.96. The van der Waals surface area contributed by atoms with Gasteiger partial charge in [0, 0.05) is 6.42 Å². The van der Waals surface area contributed by atoms with Gasteiger partial charge in [-0.1, -0.05) is 218 Å². The third-order valence-corrected chi connectivity index (χ3v) is 16.3. The Morgan fingerprint density at radius 1 is 0.432 bits per heavy atom. The summed E-state index contributed by atoms with van der Waals surface area (Å²) in [4.78, 5) is 13.0. The van der Waals surface area contributed by atoms with Crippen molar-refractivity contribution >= 4 is 5.91 Å². The molecule has 0 aromatic heterocycles. The number of hydrogen-bond donors (Lipinski definition) is 12. The molecule has 0 saturated carbocycles. The highest BCUT2D eigenvalue weighted by atomic mass is 16.8. The van der Waals surface area contributed by atoms with Crippen molar-refractivity contribution in [3.8, 4) is 0 Å². The molecular weight excluding hydrogens is 1050 g/mol. The Bertz CT molecular complexity index is 1580. The molecule has 3 fully saturated rings. The molecule has 3 aliphatic rings. The molecule has 0 aromatic rings. The first-order valence-electron chi connectivity index (χ1n) is 32.1. The molecule has 0 aliphatic carbocycles. The van der Waals surface area contributed by atoms with Crippen LogP contribution >= 0.6 is 0 Å². The zero-order valence-corrected chi connectivity index (χ0v) is 49.8. The minimum Gasteiger partial charge on any atom is -0.394 e. The highest BCUT2D eigenvalue weighted by Gasteiger charge is 2.53. The average Bonchev–Trinajstić information content (AvgIpc) is 3.46. The molecule has 19 nitrogen and oxygen atoms in total. The van der Waals surface area contributed by atoms with Crippen LogP contribution in [-0.4, -0.2) is 193 Å². The van der Waals surface area contributed by atoms with Gasteiger partial charge in [0.1, 0.15) is 73.2 Å². The van der Waals surface area contributed by atoms with Crippen LogP contribution in [0.4, 0.5) is 0 Å². The lowest BCUT2D eigenvalue weighted by molar-refractivity contribution is -0.379. The highest BCUT2D eigenvalue weighted by Crippen LogP contribution is 2.33. The van der Waals surface area contributed by atoms with Gasteiger partial charge in [0.25, 0.3) is 0 Å². The number of amides is 1. The van der Waals surface area contributed by atoms with Crippen molar-refractivity contribution in [1.82, 2.24) is 5.32 Å². The van der Waals surface area contributed by atoms with Crippen molar-refractivity contribution < 1.29 is 89.4 Å². The van der Waals surface area contributed by atoms with E-state index in [1.807, 2.05) is 6.08 Å². The molecule has 19 heteroatoms. The third kappa shape index (κ3) is 29.0. The fourth-order valence-electron chi connectivity index (χ4n) is 11.0. The Kier molecular flexibility index (Phi) is 41.4. The van der Waals surface area contributed by atoms with E-state index in [1.165, 1.54) is 161 Å². The predicted octanol–water partition coefficient (Wildman–Crippen LogP) is 6.71. The van der Waals surface area contributed by atoms with Crippen LogP contribution < -0.4 is 5.32 Å². The summed E-state index contributed by atoms with van der Waals surface area (Å²) in [5.41, 5.74) is 0. The van der Waals surface area contributed by atoms with Crippen LogP contribution in [-0.2, 0) is 33.2 Å². The zero-order chi connectivity index (χ0) is 59.0. The molecule has 17 atom stereocenters. The summed E-state index contributed by atoms with van der Waals surface area (Å²) in [6.07, 6.45) is 23.0. The molecule has 476 valence electrons. The molecule has 3 aliphatic heterocycles. The number of aliphatic hydroxyl groups is 11. The molecule has 3 heterocycles. The second-order valence-corrected chi connectivity index (χ2v) is 23.2. The third-order valence-electron chi connectivity index (χ3n) is 16.3. The predicted molar refractivity (Wildman–Crippen MR) is 310 cm³/mol. The van der Waals surface area contributed by atoms with Gasteiger partial charge in [0.05, 0.1) is 38.6 Å². The van der Waals surface area contributed by atoms with E-state index in [-0.39, 0.29) is 18.9 Å². The molecule has 0 spiro atoms. The van der Waals surface area contributed by atoms with Crippen LogP contribution in [0, 0.1) is 0 Å². The van der Waals surface area contributed by atoms with E-state index in [9.17, 15) is 61.0 Å². The summed E-state index contributed by atoms with van der Waals surface area (Å²) in [7, 11) is 0. The Morgan fingerprint density at radius 2 is 0.790 bits per heavy atom. The van der Waals surface area contributed by atoms with E-state index in [0.29, 0.717) is 12.8 Å². The van der Waals surface area contributed by atoms with E-state index in [1.54, 1.807) is 6.08 Å². The lowest BCUT2D eigenvalue weighted by Crippen LogP contribution is -2.66. The van der Waals surface area contributed by atoms with Crippen molar-refractivity contribution in [3.05, 3.63) is 24.3 Å². The number of aliphatic hydroxyl groups excluding tert-OH is 11. The molecule has 3 rings (SSSR count). The van der Waals surface area contributed by atoms with Crippen molar-refractivity contribution in [2.75, 3.05) is 26.4 Å².